The number of hydrogen-bond donors (Lipinski definition) is 3. The van der Waals surface area contributed by atoms with Gasteiger partial charge in [0.05, 0.1) is 5.69 Å². The number of thioether (sulfide) groups is 1. The molecule has 2 aromatic heterocycles. The number of pyridine rings is 1. The van der Waals surface area contributed by atoms with Gasteiger partial charge in [-0.3, -0.25) is 0 Å². The minimum absolute atomic E-state index is 0.249. The van der Waals surface area contributed by atoms with Crippen LogP contribution in [0.4, 0.5) is 17.5 Å². The van der Waals surface area contributed by atoms with E-state index in [0.29, 0.717) is 5.95 Å². The van der Waals surface area contributed by atoms with Crippen molar-refractivity contribution in [2.75, 3.05) is 30.0 Å². The van der Waals surface area contributed by atoms with Gasteiger partial charge in [0.1, 0.15) is 5.82 Å². The van der Waals surface area contributed by atoms with Crippen molar-refractivity contribution < 1.29 is 5.11 Å². The standard InChI is InChI=1S/C21H25N5OS/c1-28-18-7-5-6-17(15-18)25-21-24-12-9-19(26-21)16-8-11-23-20(14-16)22-10-3-2-4-13-27/h5-9,11-12,14-15,27H,2-4,10,13H2,1H3,(H,22,23)(H,24,25,26). The summed E-state index contributed by atoms with van der Waals surface area (Å²) in [6.07, 6.45) is 8.43. The van der Waals surface area contributed by atoms with Crippen LogP contribution in [0.2, 0.25) is 0 Å². The van der Waals surface area contributed by atoms with Crippen LogP contribution in [0, 0.1) is 0 Å². The van der Waals surface area contributed by atoms with Crippen molar-refractivity contribution in [2.24, 2.45) is 0 Å². The van der Waals surface area contributed by atoms with Gasteiger partial charge in [-0.1, -0.05) is 6.07 Å². The maximum absolute atomic E-state index is 8.84. The average Bonchev–Trinajstić information content (AvgIpc) is 2.74. The van der Waals surface area contributed by atoms with E-state index in [9.17, 15) is 0 Å². The normalized spacial score (nSPS) is 10.6. The first kappa shape index (κ1) is 20.1. The van der Waals surface area contributed by atoms with Gasteiger partial charge in [0.25, 0.3) is 0 Å². The fraction of sp³-hybridized carbons (Fsp3) is 0.286. The predicted molar refractivity (Wildman–Crippen MR) is 116 cm³/mol. The van der Waals surface area contributed by atoms with Crippen LogP contribution in [-0.4, -0.2) is 39.5 Å². The van der Waals surface area contributed by atoms with Crippen LogP contribution in [-0.2, 0) is 0 Å². The molecule has 0 aliphatic rings. The second kappa shape index (κ2) is 10.6. The van der Waals surface area contributed by atoms with E-state index in [1.54, 1.807) is 24.2 Å². The second-order valence-corrected chi connectivity index (χ2v) is 7.14. The highest BCUT2D eigenvalue weighted by Gasteiger charge is 2.05. The number of hydrogen-bond acceptors (Lipinski definition) is 7. The summed E-state index contributed by atoms with van der Waals surface area (Å²) < 4.78 is 0. The van der Waals surface area contributed by atoms with Gasteiger partial charge in [-0.15, -0.1) is 11.8 Å². The molecule has 3 N–H and O–H groups in total. The summed E-state index contributed by atoms with van der Waals surface area (Å²) in [6.45, 7) is 1.08. The van der Waals surface area contributed by atoms with Crippen LogP contribution in [0.3, 0.4) is 0 Å². The van der Waals surface area contributed by atoms with Crippen LogP contribution >= 0.6 is 11.8 Å². The monoisotopic (exact) mass is 395 g/mol. The van der Waals surface area contributed by atoms with Crippen molar-refractivity contribution >= 4 is 29.2 Å². The Bertz CT molecular complexity index is 890. The van der Waals surface area contributed by atoms with Gasteiger partial charge < -0.3 is 15.7 Å². The highest BCUT2D eigenvalue weighted by atomic mass is 32.2. The molecule has 3 rings (SSSR count). The molecule has 0 fully saturated rings. The van der Waals surface area contributed by atoms with E-state index in [-0.39, 0.29) is 6.61 Å². The molecule has 0 spiro atoms. The third kappa shape index (κ3) is 5.94. The SMILES string of the molecule is CSc1cccc(Nc2nccc(-c3ccnc(NCCCCCO)c3)n2)c1. The number of nitrogens with zero attached hydrogens (tertiary/aromatic N) is 3. The second-order valence-electron chi connectivity index (χ2n) is 6.26. The number of benzene rings is 1. The van der Waals surface area contributed by atoms with Crippen LogP contribution in [0.1, 0.15) is 19.3 Å². The fourth-order valence-corrected chi connectivity index (χ4v) is 3.19. The lowest BCUT2D eigenvalue weighted by Crippen LogP contribution is -2.04. The van der Waals surface area contributed by atoms with Gasteiger partial charge in [-0.05, 0) is 61.9 Å². The molecule has 0 aliphatic carbocycles. The summed E-state index contributed by atoms with van der Waals surface area (Å²) in [5, 5.41) is 15.4. The molecular weight excluding hydrogens is 370 g/mol. The average molecular weight is 396 g/mol. The molecule has 0 bridgehead atoms. The number of unbranched alkanes of at least 4 members (excludes halogenated alkanes) is 2. The minimum atomic E-state index is 0.249. The van der Waals surface area contributed by atoms with E-state index in [4.69, 9.17) is 5.11 Å². The molecule has 1 aromatic carbocycles. The Kier molecular flexibility index (Phi) is 7.63. The molecule has 0 aliphatic heterocycles. The lowest BCUT2D eigenvalue weighted by Gasteiger charge is -2.09. The summed E-state index contributed by atoms with van der Waals surface area (Å²) in [5.74, 6) is 1.38. The van der Waals surface area contributed by atoms with Crippen molar-refractivity contribution in [1.29, 1.82) is 0 Å². The van der Waals surface area contributed by atoms with Crippen molar-refractivity contribution in [1.82, 2.24) is 15.0 Å². The molecule has 3 aromatic rings. The quantitative estimate of drug-likeness (QED) is 0.342. The molecule has 0 amide bonds. The Morgan fingerprint density at radius 1 is 1.00 bits per heavy atom. The molecule has 0 saturated heterocycles. The molecular formula is C21H25N5OS. The number of aliphatic hydroxyl groups excluding tert-OH is 1. The van der Waals surface area contributed by atoms with Gasteiger partial charge in [-0.25, -0.2) is 15.0 Å². The third-order valence-corrected chi connectivity index (χ3v) is 4.90. The molecule has 6 nitrogen and oxygen atoms in total. The Morgan fingerprint density at radius 2 is 1.89 bits per heavy atom. The predicted octanol–water partition coefficient (Wildman–Crippen LogP) is 4.58. The Balaban J connectivity index is 1.68. The first-order chi connectivity index (χ1) is 13.8. The van der Waals surface area contributed by atoms with Crippen LogP contribution in [0.15, 0.2) is 59.8 Å². The maximum Gasteiger partial charge on any atom is 0.227 e. The highest BCUT2D eigenvalue weighted by Crippen LogP contribution is 2.23. The number of nitrogens with one attached hydrogen (secondary N) is 2. The molecule has 28 heavy (non-hydrogen) atoms. The van der Waals surface area contributed by atoms with E-state index in [2.05, 4.69) is 44.0 Å². The van der Waals surface area contributed by atoms with Crippen LogP contribution in [0.5, 0.6) is 0 Å². The van der Waals surface area contributed by atoms with Crippen molar-refractivity contribution in [3.8, 4) is 11.3 Å². The summed E-state index contributed by atoms with van der Waals surface area (Å²) in [4.78, 5) is 14.5. The number of aromatic nitrogens is 3. The van der Waals surface area contributed by atoms with Crippen molar-refractivity contribution in [2.45, 2.75) is 24.2 Å². The zero-order valence-electron chi connectivity index (χ0n) is 15.9. The fourth-order valence-electron chi connectivity index (χ4n) is 2.73. The molecule has 0 unspecified atom stereocenters. The number of anilines is 3. The van der Waals surface area contributed by atoms with E-state index >= 15 is 0 Å². The summed E-state index contributed by atoms with van der Waals surface area (Å²) in [5.41, 5.74) is 2.78. The highest BCUT2D eigenvalue weighted by molar-refractivity contribution is 7.98. The van der Waals surface area contributed by atoms with Crippen molar-refractivity contribution in [3.05, 3.63) is 54.9 Å². The van der Waals surface area contributed by atoms with Gasteiger partial charge >= 0.3 is 0 Å². The van der Waals surface area contributed by atoms with Crippen LogP contribution in [0.25, 0.3) is 11.3 Å². The van der Waals surface area contributed by atoms with Gasteiger partial charge in [0, 0.05) is 41.7 Å². The summed E-state index contributed by atoms with van der Waals surface area (Å²) >= 11 is 1.70. The van der Waals surface area contributed by atoms with Crippen LogP contribution < -0.4 is 10.6 Å². The lowest BCUT2D eigenvalue weighted by atomic mass is 10.2. The molecule has 0 radical (unpaired) electrons. The molecule has 0 atom stereocenters. The van der Waals surface area contributed by atoms with E-state index in [1.807, 2.05) is 30.3 Å². The molecule has 7 heteroatoms. The number of rotatable bonds is 10. The summed E-state index contributed by atoms with van der Waals surface area (Å²) in [6, 6.07) is 14.0. The lowest BCUT2D eigenvalue weighted by molar-refractivity contribution is 0.283. The van der Waals surface area contributed by atoms with E-state index in [1.165, 1.54) is 4.90 Å². The Hall–Kier alpha value is -2.64. The maximum atomic E-state index is 8.84. The first-order valence-corrected chi connectivity index (χ1v) is 10.6. The minimum Gasteiger partial charge on any atom is -0.396 e. The Morgan fingerprint density at radius 3 is 2.75 bits per heavy atom. The van der Waals surface area contributed by atoms with Gasteiger partial charge in [0.2, 0.25) is 5.95 Å². The zero-order chi connectivity index (χ0) is 19.6. The number of aliphatic hydroxyl groups is 1. The molecule has 2 heterocycles. The van der Waals surface area contributed by atoms with Crippen molar-refractivity contribution in [3.63, 3.8) is 0 Å². The largest absolute Gasteiger partial charge is 0.396 e. The van der Waals surface area contributed by atoms with Gasteiger partial charge in [0.15, 0.2) is 0 Å². The molecule has 146 valence electrons. The van der Waals surface area contributed by atoms with E-state index < -0.39 is 0 Å². The topological polar surface area (TPSA) is 83.0 Å². The van der Waals surface area contributed by atoms with E-state index in [0.717, 1.165) is 48.6 Å². The Labute approximate surface area is 169 Å². The summed E-state index contributed by atoms with van der Waals surface area (Å²) in [7, 11) is 0. The van der Waals surface area contributed by atoms with Gasteiger partial charge in [-0.2, -0.15) is 0 Å². The third-order valence-electron chi connectivity index (χ3n) is 4.18. The smallest absolute Gasteiger partial charge is 0.227 e. The first-order valence-electron chi connectivity index (χ1n) is 9.34. The zero-order valence-corrected chi connectivity index (χ0v) is 16.7. The molecule has 0 saturated carbocycles.